The first kappa shape index (κ1) is 16.8. The summed E-state index contributed by atoms with van der Waals surface area (Å²) in [5.41, 5.74) is 1.71. The number of benzene rings is 3. The van der Waals surface area contributed by atoms with Gasteiger partial charge in [0, 0.05) is 16.8 Å². The lowest BCUT2D eigenvalue weighted by molar-refractivity contribution is -0.114. The van der Waals surface area contributed by atoms with Gasteiger partial charge in [-0.3, -0.25) is 4.79 Å². The van der Waals surface area contributed by atoms with Gasteiger partial charge in [-0.05, 0) is 42.1 Å². The SMILES string of the molecule is CCCOc1ccc(NCC(=O)Nc2cccc3ccccc23)cc1. The van der Waals surface area contributed by atoms with E-state index in [4.69, 9.17) is 4.74 Å². The third kappa shape index (κ3) is 4.51. The normalized spacial score (nSPS) is 10.4. The topological polar surface area (TPSA) is 50.4 Å². The fourth-order valence-electron chi connectivity index (χ4n) is 2.60. The minimum atomic E-state index is -0.0809. The van der Waals surface area contributed by atoms with Crippen LogP contribution in [0.2, 0.25) is 0 Å². The Kier molecular flexibility index (Phi) is 5.52. The van der Waals surface area contributed by atoms with Gasteiger partial charge in [-0.15, -0.1) is 0 Å². The highest BCUT2D eigenvalue weighted by molar-refractivity contribution is 6.03. The molecule has 4 heteroatoms. The molecule has 0 aliphatic carbocycles. The fourth-order valence-corrected chi connectivity index (χ4v) is 2.60. The van der Waals surface area contributed by atoms with Crippen LogP contribution in [0.25, 0.3) is 10.8 Å². The van der Waals surface area contributed by atoms with Crippen LogP contribution in [0.1, 0.15) is 13.3 Å². The van der Waals surface area contributed by atoms with Gasteiger partial charge >= 0.3 is 0 Å². The van der Waals surface area contributed by atoms with Crippen LogP contribution in [0.15, 0.2) is 66.7 Å². The van der Waals surface area contributed by atoms with Gasteiger partial charge < -0.3 is 15.4 Å². The smallest absolute Gasteiger partial charge is 0.243 e. The maximum atomic E-state index is 12.2. The van der Waals surface area contributed by atoms with Gasteiger partial charge in [0.1, 0.15) is 5.75 Å². The number of amides is 1. The third-order valence-corrected chi connectivity index (χ3v) is 3.84. The van der Waals surface area contributed by atoms with Crippen LogP contribution in [0, 0.1) is 0 Å². The Morgan fingerprint density at radius 1 is 0.960 bits per heavy atom. The Balaban J connectivity index is 1.57. The number of fused-ring (bicyclic) bond motifs is 1. The summed E-state index contributed by atoms with van der Waals surface area (Å²) in [4.78, 5) is 12.2. The molecule has 0 aliphatic rings. The average Bonchev–Trinajstić information content (AvgIpc) is 2.66. The number of ether oxygens (including phenoxy) is 1. The van der Waals surface area contributed by atoms with E-state index >= 15 is 0 Å². The first-order valence-corrected chi connectivity index (χ1v) is 8.50. The van der Waals surface area contributed by atoms with Crippen molar-refractivity contribution in [2.24, 2.45) is 0 Å². The number of nitrogens with one attached hydrogen (secondary N) is 2. The molecule has 128 valence electrons. The number of rotatable bonds is 7. The molecule has 0 unspecified atom stereocenters. The fraction of sp³-hybridized carbons (Fsp3) is 0.190. The number of anilines is 2. The highest BCUT2D eigenvalue weighted by Gasteiger charge is 2.05. The van der Waals surface area contributed by atoms with Gasteiger partial charge in [0.2, 0.25) is 5.91 Å². The largest absolute Gasteiger partial charge is 0.494 e. The van der Waals surface area contributed by atoms with Gasteiger partial charge in [0.15, 0.2) is 0 Å². The van der Waals surface area contributed by atoms with E-state index in [9.17, 15) is 4.79 Å². The number of carbonyl (C=O) groups is 1. The predicted molar refractivity (Wildman–Crippen MR) is 103 cm³/mol. The van der Waals surface area contributed by atoms with Crippen LogP contribution in [0.4, 0.5) is 11.4 Å². The second-order valence-electron chi connectivity index (χ2n) is 5.80. The van der Waals surface area contributed by atoms with Crippen LogP contribution in [-0.2, 0) is 4.79 Å². The summed E-state index contributed by atoms with van der Waals surface area (Å²) in [7, 11) is 0. The molecule has 0 spiro atoms. The summed E-state index contributed by atoms with van der Waals surface area (Å²) in [6.45, 7) is 2.99. The Morgan fingerprint density at radius 3 is 2.52 bits per heavy atom. The van der Waals surface area contributed by atoms with Gasteiger partial charge in [-0.2, -0.15) is 0 Å². The Labute approximate surface area is 147 Å². The van der Waals surface area contributed by atoms with Gasteiger partial charge in [0.05, 0.1) is 13.2 Å². The Hall–Kier alpha value is -3.01. The lowest BCUT2D eigenvalue weighted by Gasteiger charge is -2.11. The predicted octanol–water partition coefficient (Wildman–Crippen LogP) is 4.68. The molecule has 4 nitrogen and oxygen atoms in total. The van der Waals surface area contributed by atoms with E-state index in [1.165, 1.54) is 0 Å². The number of carbonyl (C=O) groups excluding carboxylic acids is 1. The Morgan fingerprint density at radius 2 is 1.72 bits per heavy atom. The summed E-state index contributed by atoms with van der Waals surface area (Å²) in [6, 6.07) is 21.5. The van der Waals surface area contributed by atoms with Crippen molar-refractivity contribution in [1.29, 1.82) is 0 Å². The molecule has 1 amide bonds. The van der Waals surface area contributed by atoms with Gasteiger partial charge in [0.25, 0.3) is 0 Å². The van der Waals surface area contributed by atoms with Crippen molar-refractivity contribution in [3.05, 3.63) is 66.7 Å². The zero-order valence-electron chi connectivity index (χ0n) is 14.3. The summed E-state index contributed by atoms with van der Waals surface area (Å²) >= 11 is 0. The molecular formula is C21H22N2O2. The highest BCUT2D eigenvalue weighted by atomic mass is 16.5. The molecule has 25 heavy (non-hydrogen) atoms. The van der Waals surface area contributed by atoms with E-state index in [1.807, 2.05) is 66.7 Å². The van der Waals surface area contributed by atoms with E-state index in [1.54, 1.807) is 0 Å². The van der Waals surface area contributed by atoms with Crippen molar-refractivity contribution < 1.29 is 9.53 Å². The molecule has 0 heterocycles. The summed E-state index contributed by atoms with van der Waals surface area (Å²) in [6.07, 6.45) is 0.980. The van der Waals surface area contributed by atoms with Gasteiger partial charge in [-0.25, -0.2) is 0 Å². The van der Waals surface area contributed by atoms with Crippen molar-refractivity contribution in [2.75, 3.05) is 23.8 Å². The quantitative estimate of drug-likeness (QED) is 0.659. The van der Waals surface area contributed by atoms with Gasteiger partial charge in [-0.1, -0.05) is 43.3 Å². The highest BCUT2D eigenvalue weighted by Crippen LogP contribution is 2.23. The minimum absolute atomic E-state index is 0.0809. The number of hydrogen-bond donors (Lipinski definition) is 2. The van der Waals surface area contributed by atoms with Crippen LogP contribution in [0.5, 0.6) is 5.75 Å². The lowest BCUT2D eigenvalue weighted by atomic mass is 10.1. The molecule has 3 rings (SSSR count). The van der Waals surface area contributed by atoms with Crippen LogP contribution in [-0.4, -0.2) is 19.1 Å². The van der Waals surface area contributed by atoms with Crippen LogP contribution >= 0.6 is 0 Å². The third-order valence-electron chi connectivity index (χ3n) is 3.84. The molecule has 3 aromatic carbocycles. The molecule has 0 radical (unpaired) electrons. The zero-order valence-corrected chi connectivity index (χ0v) is 14.3. The van der Waals surface area contributed by atoms with Crippen LogP contribution < -0.4 is 15.4 Å². The van der Waals surface area contributed by atoms with Crippen molar-refractivity contribution in [2.45, 2.75) is 13.3 Å². The molecule has 0 aliphatic heterocycles. The molecule has 0 atom stereocenters. The first-order valence-electron chi connectivity index (χ1n) is 8.50. The minimum Gasteiger partial charge on any atom is -0.494 e. The molecule has 0 bridgehead atoms. The Bertz CT molecular complexity index is 839. The van der Waals surface area contributed by atoms with E-state index in [-0.39, 0.29) is 12.5 Å². The number of hydrogen-bond acceptors (Lipinski definition) is 3. The molecule has 0 saturated heterocycles. The summed E-state index contributed by atoms with van der Waals surface area (Å²) in [5, 5.41) is 8.24. The van der Waals surface area contributed by atoms with E-state index < -0.39 is 0 Å². The van der Waals surface area contributed by atoms with E-state index in [2.05, 4.69) is 17.6 Å². The van der Waals surface area contributed by atoms with Crippen molar-refractivity contribution in [3.8, 4) is 5.75 Å². The molecule has 2 N–H and O–H groups in total. The maximum Gasteiger partial charge on any atom is 0.243 e. The summed E-state index contributed by atoms with van der Waals surface area (Å²) < 4.78 is 5.55. The lowest BCUT2D eigenvalue weighted by Crippen LogP contribution is -2.21. The van der Waals surface area contributed by atoms with Crippen LogP contribution in [0.3, 0.4) is 0 Å². The summed E-state index contributed by atoms with van der Waals surface area (Å²) in [5.74, 6) is 0.760. The average molecular weight is 334 g/mol. The second kappa shape index (κ2) is 8.20. The van der Waals surface area contributed by atoms with E-state index in [0.717, 1.165) is 34.3 Å². The maximum absolute atomic E-state index is 12.2. The monoisotopic (exact) mass is 334 g/mol. The molecule has 0 saturated carbocycles. The zero-order chi connectivity index (χ0) is 17.5. The molecule has 3 aromatic rings. The molecule has 0 fully saturated rings. The van der Waals surface area contributed by atoms with Crippen molar-refractivity contribution in [1.82, 2.24) is 0 Å². The first-order chi connectivity index (χ1) is 12.3. The van der Waals surface area contributed by atoms with Crippen molar-refractivity contribution in [3.63, 3.8) is 0 Å². The standard InChI is InChI=1S/C21H22N2O2/c1-2-14-25-18-12-10-17(11-13-18)22-15-21(24)23-20-9-5-7-16-6-3-4-8-19(16)20/h3-13,22H,2,14-15H2,1H3,(H,23,24). The van der Waals surface area contributed by atoms with E-state index in [0.29, 0.717) is 6.61 Å². The molecular weight excluding hydrogens is 312 g/mol. The second-order valence-corrected chi connectivity index (χ2v) is 5.80. The van der Waals surface area contributed by atoms with Crippen molar-refractivity contribution >= 4 is 28.1 Å². The molecule has 0 aromatic heterocycles.